The van der Waals surface area contributed by atoms with Crippen LogP contribution >= 0.6 is 0 Å². The van der Waals surface area contributed by atoms with E-state index in [9.17, 15) is 4.79 Å². The Labute approximate surface area is 84.8 Å². The number of carbonyl (C=O) groups excluding carboxylic acids is 1. The molecule has 0 aromatic carbocycles. The molecule has 1 rings (SSSR count). The molecule has 1 N–H and O–H groups in total. The summed E-state index contributed by atoms with van der Waals surface area (Å²) < 4.78 is 0. The van der Waals surface area contributed by atoms with Gasteiger partial charge in [-0.2, -0.15) is 0 Å². The molecule has 0 aromatic heterocycles. The monoisotopic (exact) mass is 192 g/mol. The summed E-state index contributed by atoms with van der Waals surface area (Å²) in [7, 11) is 0. The summed E-state index contributed by atoms with van der Waals surface area (Å²) in [5.41, 5.74) is 0.661. The molecule has 3 heteroatoms. The van der Waals surface area contributed by atoms with Crippen LogP contribution in [0.4, 0.5) is 0 Å². The molecule has 0 atom stereocenters. The fourth-order valence-electron chi connectivity index (χ4n) is 1.31. The van der Waals surface area contributed by atoms with Crippen LogP contribution in [0.3, 0.4) is 0 Å². The van der Waals surface area contributed by atoms with E-state index >= 15 is 0 Å². The molecule has 14 heavy (non-hydrogen) atoms. The Morgan fingerprint density at radius 2 is 2.21 bits per heavy atom. The van der Waals surface area contributed by atoms with Gasteiger partial charge in [-0.3, -0.25) is 4.79 Å². The lowest BCUT2D eigenvalue weighted by atomic mass is 10.2. The number of rotatable bonds is 2. The van der Waals surface area contributed by atoms with Crippen LogP contribution in [0, 0.1) is 0 Å². The molecule has 0 unspecified atom stereocenters. The first-order valence-corrected chi connectivity index (χ1v) is 4.69. The van der Waals surface area contributed by atoms with Gasteiger partial charge in [-0.25, -0.2) is 0 Å². The van der Waals surface area contributed by atoms with Gasteiger partial charge in [0.15, 0.2) is 0 Å². The zero-order valence-electron chi connectivity index (χ0n) is 8.87. The highest BCUT2D eigenvalue weighted by Crippen LogP contribution is 2.15. The molecule has 1 aliphatic heterocycles. The van der Waals surface area contributed by atoms with Crippen molar-refractivity contribution in [1.29, 1.82) is 0 Å². The fraction of sp³-hybridized carbons (Fsp3) is 0.364. The van der Waals surface area contributed by atoms with Gasteiger partial charge in [-0.1, -0.05) is 18.7 Å². The summed E-state index contributed by atoms with van der Waals surface area (Å²) in [4.78, 5) is 13.4. The van der Waals surface area contributed by atoms with Crippen LogP contribution in [-0.2, 0) is 4.79 Å². The summed E-state index contributed by atoms with van der Waals surface area (Å²) >= 11 is 0. The van der Waals surface area contributed by atoms with E-state index in [1.165, 1.54) is 0 Å². The van der Waals surface area contributed by atoms with Crippen LogP contribution in [-0.4, -0.2) is 16.8 Å². The summed E-state index contributed by atoms with van der Waals surface area (Å²) in [6.45, 7) is 9.77. The van der Waals surface area contributed by atoms with Crippen molar-refractivity contribution < 1.29 is 4.79 Å². The largest absolute Gasteiger partial charge is 0.332 e. The highest BCUT2D eigenvalue weighted by Gasteiger charge is 2.20. The number of hydrogen-bond acceptors (Lipinski definition) is 2. The van der Waals surface area contributed by atoms with Crippen molar-refractivity contribution in [2.24, 2.45) is 0 Å². The standard InChI is InChI=1S/C11H16N2O/c1-5-6-10-7-13(8(2)3)9(4)12-11(10)14/h5-8H,4H2,1-3H3,(H,12,14)/b6-5+. The van der Waals surface area contributed by atoms with Crippen molar-refractivity contribution in [3.63, 3.8) is 0 Å². The van der Waals surface area contributed by atoms with Crippen molar-refractivity contribution in [3.05, 3.63) is 36.3 Å². The van der Waals surface area contributed by atoms with Crippen molar-refractivity contribution in [2.45, 2.75) is 26.8 Å². The third-order valence-electron chi connectivity index (χ3n) is 2.01. The number of allylic oxidation sites excluding steroid dienone is 1. The highest BCUT2D eigenvalue weighted by molar-refractivity contribution is 5.98. The second-order valence-electron chi connectivity index (χ2n) is 3.49. The van der Waals surface area contributed by atoms with Gasteiger partial charge in [0.1, 0.15) is 5.82 Å². The molecule has 3 nitrogen and oxygen atoms in total. The summed E-state index contributed by atoms with van der Waals surface area (Å²) in [6, 6.07) is 0.295. The Morgan fingerprint density at radius 1 is 1.57 bits per heavy atom. The lowest BCUT2D eigenvalue weighted by Gasteiger charge is -2.31. The Morgan fingerprint density at radius 3 is 2.71 bits per heavy atom. The molecule has 1 amide bonds. The molecule has 0 aliphatic carbocycles. The molecule has 1 aliphatic rings. The molecule has 1 heterocycles. The Bertz CT molecular complexity index is 313. The quantitative estimate of drug-likeness (QED) is 0.723. The maximum absolute atomic E-state index is 11.4. The topological polar surface area (TPSA) is 32.3 Å². The van der Waals surface area contributed by atoms with Gasteiger partial charge < -0.3 is 10.2 Å². The smallest absolute Gasteiger partial charge is 0.258 e. The van der Waals surface area contributed by atoms with Crippen LogP contribution < -0.4 is 5.32 Å². The molecular formula is C11H16N2O. The maximum atomic E-state index is 11.4. The maximum Gasteiger partial charge on any atom is 0.258 e. The van der Waals surface area contributed by atoms with Crippen molar-refractivity contribution in [1.82, 2.24) is 10.2 Å². The van der Waals surface area contributed by atoms with Crippen LogP contribution in [0.1, 0.15) is 20.8 Å². The third kappa shape index (κ3) is 2.05. The summed E-state index contributed by atoms with van der Waals surface area (Å²) in [6.07, 6.45) is 5.46. The first kappa shape index (κ1) is 10.6. The molecule has 0 aromatic rings. The van der Waals surface area contributed by atoms with Gasteiger partial charge in [0, 0.05) is 12.2 Å². The lowest BCUT2D eigenvalue weighted by Crippen LogP contribution is -2.40. The zero-order valence-corrected chi connectivity index (χ0v) is 8.87. The first-order chi connectivity index (χ1) is 6.56. The Balaban J connectivity index is 2.99. The van der Waals surface area contributed by atoms with Crippen LogP contribution in [0.2, 0.25) is 0 Å². The van der Waals surface area contributed by atoms with E-state index in [0.717, 1.165) is 0 Å². The molecule has 0 spiro atoms. The second-order valence-corrected chi connectivity index (χ2v) is 3.49. The average Bonchev–Trinajstić information content (AvgIpc) is 2.09. The predicted octanol–water partition coefficient (Wildman–Crippen LogP) is 1.76. The Hall–Kier alpha value is -1.51. The fourth-order valence-corrected chi connectivity index (χ4v) is 1.31. The van der Waals surface area contributed by atoms with Gasteiger partial charge >= 0.3 is 0 Å². The number of amides is 1. The minimum absolute atomic E-state index is 0.0926. The van der Waals surface area contributed by atoms with Crippen LogP contribution in [0.25, 0.3) is 0 Å². The molecule has 76 valence electrons. The predicted molar refractivity (Wildman–Crippen MR) is 57.2 cm³/mol. The van der Waals surface area contributed by atoms with Crippen molar-refractivity contribution in [3.8, 4) is 0 Å². The molecule has 0 bridgehead atoms. The second kappa shape index (κ2) is 4.13. The van der Waals surface area contributed by atoms with Crippen molar-refractivity contribution in [2.75, 3.05) is 0 Å². The zero-order chi connectivity index (χ0) is 10.7. The average molecular weight is 192 g/mol. The van der Waals surface area contributed by atoms with E-state index in [2.05, 4.69) is 11.9 Å². The van der Waals surface area contributed by atoms with Gasteiger partial charge in [-0.15, -0.1) is 0 Å². The Kier molecular flexibility index (Phi) is 3.12. The molecule has 0 saturated carbocycles. The van der Waals surface area contributed by atoms with Crippen LogP contribution in [0.15, 0.2) is 36.3 Å². The SMILES string of the molecule is C=C1NC(=O)C(/C=C/C)=CN1C(C)C. The number of hydrogen-bond donors (Lipinski definition) is 1. The lowest BCUT2D eigenvalue weighted by molar-refractivity contribution is -0.117. The van der Waals surface area contributed by atoms with Gasteiger partial charge in [-0.05, 0) is 20.8 Å². The molecule has 0 fully saturated rings. The molecule has 0 radical (unpaired) electrons. The van der Waals surface area contributed by atoms with E-state index in [0.29, 0.717) is 17.4 Å². The number of carbonyl (C=O) groups is 1. The van der Waals surface area contributed by atoms with Crippen molar-refractivity contribution >= 4 is 5.91 Å². The van der Waals surface area contributed by atoms with Crippen LogP contribution in [0.5, 0.6) is 0 Å². The highest BCUT2D eigenvalue weighted by atomic mass is 16.2. The first-order valence-electron chi connectivity index (χ1n) is 4.69. The summed E-state index contributed by atoms with van der Waals surface area (Å²) in [5.74, 6) is 0.545. The molecule has 0 saturated heterocycles. The van der Waals surface area contributed by atoms with E-state index in [1.54, 1.807) is 6.08 Å². The van der Waals surface area contributed by atoms with E-state index in [4.69, 9.17) is 0 Å². The number of nitrogens with zero attached hydrogens (tertiary/aromatic N) is 1. The van der Waals surface area contributed by atoms with Gasteiger partial charge in [0.2, 0.25) is 0 Å². The van der Waals surface area contributed by atoms with Gasteiger partial charge in [0.25, 0.3) is 5.91 Å². The van der Waals surface area contributed by atoms with E-state index in [1.807, 2.05) is 37.9 Å². The normalized spacial score (nSPS) is 17.7. The third-order valence-corrected chi connectivity index (χ3v) is 2.01. The summed E-state index contributed by atoms with van der Waals surface area (Å²) in [5, 5.41) is 2.72. The van der Waals surface area contributed by atoms with Gasteiger partial charge in [0.05, 0.1) is 5.57 Å². The van der Waals surface area contributed by atoms with E-state index < -0.39 is 0 Å². The minimum Gasteiger partial charge on any atom is -0.332 e. The van der Waals surface area contributed by atoms with E-state index in [-0.39, 0.29) is 5.91 Å². The minimum atomic E-state index is -0.0926. The number of nitrogens with one attached hydrogen (secondary N) is 1. The molecular weight excluding hydrogens is 176 g/mol.